The van der Waals surface area contributed by atoms with Crippen molar-refractivity contribution in [3.63, 3.8) is 0 Å². The van der Waals surface area contributed by atoms with Crippen molar-refractivity contribution >= 4 is 23.4 Å². The number of anilines is 1. The molecule has 3 heterocycles. The number of benzene rings is 3. The third-order valence-corrected chi connectivity index (χ3v) is 14.4. The zero-order valence-corrected chi connectivity index (χ0v) is 36.1. The molecule has 62 heavy (non-hydrogen) atoms. The molecule has 5 N–H and O–H groups in total. The van der Waals surface area contributed by atoms with E-state index in [0.29, 0.717) is 72.9 Å². The summed E-state index contributed by atoms with van der Waals surface area (Å²) in [6.07, 6.45) is 8.74. The standard InChI is InChI=1S/C52H61NO9/c1-3-15-52(60)42-12-13-45(56)39(24-42)19-33-8-7-9-41(21-33)51(16-5-4-6-17-51)18-14-37-23-35(38-20-34(31-54)22-43(25-38)53-30-32(2)55)10-11-36-28-49(58)61-47-29-46(57)40(26-44(36)47)27-48(52)62-50(37)59/h7-9,14,20-22,25-26,29,32,35-36,39,42,48,53-55,57,60H,3-6,12-13,15-19,23-24,27-28,30-31H2,1-2H3. The minimum atomic E-state index is -1.55. The number of aliphatic hydroxyl groups is 3. The van der Waals surface area contributed by atoms with Crippen LogP contribution in [0, 0.1) is 23.7 Å². The highest BCUT2D eigenvalue weighted by Gasteiger charge is 2.49. The Kier molecular flexibility index (Phi) is 13.0. The average molecular weight is 844 g/mol. The van der Waals surface area contributed by atoms with Crippen molar-refractivity contribution in [2.75, 3.05) is 11.9 Å². The van der Waals surface area contributed by atoms with Gasteiger partial charge in [-0.3, -0.25) is 9.59 Å². The Balaban J connectivity index is 1.35. The largest absolute Gasteiger partial charge is 0.508 e. The van der Waals surface area contributed by atoms with Crippen LogP contribution in [-0.4, -0.2) is 62.5 Å². The maximum Gasteiger partial charge on any atom is 0.334 e. The molecule has 8 bridgehead atoms. The van der Waals surface area contributed by atoms with E-state index >= 15 is 4.79 Å². The van der Waals surface area contributed by atoms with Crippen LogP contribution in [0.15, 0.2) is 66.2 Å². The van der Waals surface area contributed by atoms with E-state index in [9.17, 15) is 30.0 Å². The first kappa shape index (κ1) is 43.7. The third-order valence-electron chi connectivity index (χ3n) is 14.4. The van der Waals surface area contributed by atoms with Crippen molar-refractivity contribution in [1.29, 1.82) is 0 Å². The van der Waals surface area contributed by atoms with Crippen molar-refractivity contribution in [3.05, 3.63) is 99.6 Å². The molecule has 3 aromatic carbocycles. The first-order valence-electron chi connectivity index (χ1n) is 22.8. The number of nitrogens with one attached hydrogen (secondary N) is 1. The maximum atomic E-state index is 15.3. The van der Waals surface area contributed by atoms with Crippen LogP contribution in [0.1, 0.15) is 143 Å². The predicted molar refractivity (Wildman–Crippen MR) is 236 cm³/mol. The number of carbonyl (C=O) groups is 3. The van der Waals surface area contributed by atoms with E-state index in [2.05, 4.69) is 41.4 Å². The van der Waals surface area contributed by atoms with Crippen LogP contribution in [-0.2, 0) is 44.0 Å². The molecule has 8 rings (SSSR count). The van der Waals surface area contributed by atoms with E-state index in [4.69, 9.17) is 9.47 Å². The molecule has 0 saturated heterocycles. The van der Waals surface area contributed by atoms with Gasteiger partial charge in [0.1, 0.15) is 29.0 Å². The summed E-state index contributed by atoms with van der Waals surface area (Å²) in [6.45, 7) is 3.71. The van der Waals surface area contributed by atoms with Gasteiger partial charge < -0.3 is 35.2 Å². The molecule has 328 valence electrons. The smallest absolute Gasteiger partial charge is 0.334 e. The highest BCUT2D eigenvalue weighted by molar-refractivity contribution is 5.89. The van der Waals surface area contributed by atoms with Gasteiger partial charge in [-0.2, -0.15) is 0 Å². The van der Waals surface area contributed by atoms with Crippen molar-refractivity contribution in [2.24, 2.45) is 11.8 Å². The van der Waals surface area contributed by atoms with Gasteiger partial charge in [-0.15, -0.1) is 0 Å². The van der Waals surface area contributed by atoms with E-state index in [1.54, 1.807) is 13.0 Å². The van der Waals surface area contributed by atoms with E-state index in [0.717, 1.165) is 43.2 Å². The van der Waals surface area contributed by atoms with Crippen LogP contribution < -0.4 is 10.1 Å². The summed E-state index contributed by atoms with van der Waals surface area (Å²) < 4.78 is 12.4. The molecule has 7 unspecified atom stereocenters. The second kappa shape index (κ2) is 18.4. The Labute approximate surface area is 365 Å². The lowest BCUT2D eigenvalue weighted by molar-refractivity contribution is -0.176. The van der Waals surface area contributed by atoms with Gasteiger partial charge in [0, 0.05) is 54.1 Å². The monoisotopic (exact) mass is 843 g/mol. The summed E-state index contributed by atoms with van der Waals surface area (Å²) in [5.74, 6) is 4.19. The van der Waals surface area contributed by atoms with Gasteiger partial charge in [-0.05, 0) is 116 Å². The van der Waals surface area contributed by atoms with E-state index < -0.39 is 41.6 Å². The van der Waals surface area contributed by atoms with Gasteiger partial charge in [-0.1, -0.05) is 80.9 Å². The number of hydrogen-bond donors (Lipinski definition) is 5. The molecule has 3 aromatic rings. The number of hydrogen-bond acceptors (Lipinski definition) is 10. The number of aromatic hydroxyl groups is 1. The molecule has 3 aliphatic heterocycles. The summed E-state index contributed by atoms with van der Waals surface area (Å²) in [6, 6.07) is 17.5. The topological polar surface area (TPSA) is 163 Å². The Bertz CT molecular complexity index is 2280. The SMILES string of the molecule is CCCC1(O)C2CCC(=O)C(Cc3cccc(c3)C3(CC=C4CC(c5cc(CO)cc(NCC(C)O)c5)C#CC5CC(=O)Oc6cc(O)c(cc65)CC1OC4=O)CCCCC3)C2. The predicted octanol–water partition coefficient (Wildman–Crippen LogP) is 8.01. The summed E-state index contributed by atoms with van der Waals surface area (Å²) >= 11 is 0. The number of Topliss-reactive ketones (excluding diaryl/α,β-unsaturated/α-hetero) is 1. The van der Waals surface area contributed by atoms with Gasteiger partial charge in [-0.25, -0.2) is 4.79 Å². The number of phenolic OH excluding ortho intramolecular Hbond substituents is 1. The Morgan fingerprint density at radius 2 is 1.76 bits per heavy atom. The number of rotatable bonds is 7. The van der Waals surface area contributed by atoms with Gasteiger partial charge in [0.05, 0.1) is 25.0 Å². The van der Waals surface area contributed by atoms with Crippen LogP contribution in [0.4, 0.5) is 5.69 Å². The minimum Gasteiger partial charge on any atom is -0.508 e. The van der Waals surface area contributed by atoms with Crippen molar-refractivity contribution < 1.29 is 44.3 Å². The normalized spacial score (nSPS) is 27.7. The van der Waals surface area contributed by atoms with Crippen LogP contribution in [0.25, 0.3) is 0 Å². The van der Waals surface area contributed by atoms with Crippen LogP contribution >= 0.6 is 0 Å². The fraction of sp³-hybridized carbons (Fsp3) is 0.519. The highest BCUT2D eigenvalue weighted by Crippen LogP contribution is 2.47. The summed E-state index contributed by atoms with van der Waals surface area (Å²) in [4.78, 5) is 42.1. The lowest BCUT2D eigenvalue weighted by Crippen LogP contribution is -2.54. The number of fused-ring (bicyclic) bond motifs is 9. The lowest BCUT2D eigenvalue weighted by atomic mass is 9.65. The summed E-state index contributed by atoms with van der Waals surface area (Å²) in [5.41, 5.74) is 4.00. The average Bonchev–Trinajstić information content (AvgIpc) is 3.26. The number of carbonyl (C=O) groups excluding carboxylic acids is 3. The number of aliphatic hydroxyl groups excluding tert-OH is 2. The van der Waals surface area contributed by atoms with E-state index in [1.165, 1.54) is 11.6 Å². The minimum absolute atomic E-state index is 0.0111. The van der Waals surface area contributed by atoms with Crippen molar-refractivity contribution in [1.82, 2.24) is 0 Å². The summed E-state index contributed by atoms with van der Waals surface area (Å²) in [7, 11) is 0. The van der Waals surface area contributed by atoms with E-state index in [-0.39, 0.29) is 66.9 Å². The molecular formula is C52H61NO9. The van der Waals surface area contributed by atoms with Crippen molar-refractivity contribution in [3.8, 4) is 23.3 Å². The number of ketones is 1. The van der Waals surface area contributed by atoms with Crippen LogP contribution in [0.2, 0.25) is 0 Å². The van der Waals surface area contributed by atoms with Crippen molar-refractivity contribution in [2.45, 2.75) is 152 Å². The van der Waals surface area contributed by atoms with Crippen LogP contribution in [0.5, 0.6) is 11.5 Å². The first-order chi connectivity index (χ1) is 29.9. The number of phenols is 1. The first-order valence-corrected chi connectivity index (χ1v) is 22.8. The fourth-order valence-corrected chi connectivity index (χ4v) is 11.0. The molecule has 5 aliphatic rings. The second-order valence-electron chi connectivity index (χ2n) is 18.8. The number of ether oxygens (including phenoxy) is 2. The van der Waals surface area contributed by atoms with Gasteiger partial charge >= 0.3 is 11.9 Å². The molecular weight excluding hydrogens is 783 g/mol. The lowest BCUT2D eigenvalue weighted by Gasteiger charge is -2.45. The van der Waals surface area contributed by atoms with Gasteiger partial charge in [0.15, 0.2) is 0 Å². The van der Waals surface area contributed by atoms with Gasteiger partial charge in [0.25, 0.3) is 0 Å². The molecule has 2 fully saturated rings. The Morgan fingerprint density at radius 1 is 0.952 bits per heavy atom. The molecule has 0 radical (unpaired) electrons. The molecule has 0 amide bonds. The Hall–Kier alpha value is -4.95. The third kappa shape index (κ3) is 9.22. The van der Waals surface area contributed by atoms with Gasteiger partial charge in [0.2, 0.25) is 0 Å². The molecule has 10 heteroatoms. The molecule has 2 aliphatic carbocycles. The second-order valence-corrected chi connectivity index (χ2v) is 18.8. The zero-order chi connectivity index (χ0) is 43.6. The summed E-state index contributed by atoms with van der Waals surface area (Å²) in [5, 5.41) is 48.6. The molecule has 2 saturated carbocycles. The quantitative estimate of drug-likeness (QED) is 0.0895. The molecule has 7 atom stereocenters. The maximum absolute atomic E-state index is 15.3. The van der Waals surface area contributed by atoms with E-state index in [1.807, 2.05) is 31.2 Å². The fourth-order valence-electron chi connectivity index (χ4n) is 11.0. The Morgan fingerprint density at radius 3 is 2.53 bits per heavy atom. The molecule has 1 spiro atoms. The molecule has 10 nitrogen and oxygen atoms in total. The number of allylic oxidation sites excluding steroid dienone is 1. The zero-order valence-electron chi connectivity index (χ0n) is 36.1. The highest BCUT2D eigenvalue weighted by atomic mass is 16.6. The van der Waals surface area contributed by atoms with Crippen LogP contribution in [0.3, 0.4) is 0 Å². The number of esters is 2. The molecule has 0 aromatic heterocycles.